The minimum absolute atomic E-state index is 0.0635. The highest BCUT2D eigenvalue weighted by atomic mass is 19.3. The van der Waals surface area contributed by atoms with Gasteiger partial charge < -0.3 is 25.1 Å². The summed E-state index contributed by atoms with van der Waals surface area (Å²) in [7, 11) is 0. The van der Waals surface area contributed by atoms with E-state index < -0.39 is 12.2 Å². The van der Waals surface area contributed by atoms with Crippen molar-refractivity contribution in [3.05, 3.63) is 34.4 Å². The molecule has 3 N–H and O–H groups in total. The quantitative estimate of drug-likeness (QED) is 0.621. The summed E-state index contributed by atoms with van der Waals surface area (Å²) in [4.78, 5) is 20.0. The molecule has 2 saturated heterocycles. The molecule has 136 valence electrons. The Morgan fingerprint density at radius 1 is 1.56 bits per heavy atom. The number of anilines is 1. The molecule has 2 aliphatic heterocycles. The highest BCUT2D eigenvalue weighted by Crippen LogP contribution is 2.34. The van der Waals surface area contributed by atoms with Crippen LogP contribution in [0, 0.1) is 0 Å². The minimum Gasteiger partial charge on any atom is -0.404 e. The maximum absolute atomic E-state index is 12.3. The number of hydrogen-bond acceptors (Lipinski definition) is 6. The van der Waals surface area contributed by atoms with Gasteiger partial charge in [0.2, 0.25) is 0 Å². The van der Waals surface area contributed by atoms with E-state index in [4.69, 9.17) is 15.2 Å². The first-order valence-electron chi connectivity index (χ1n) is 7.91. The van der Waals surface area contributed by atoms with Crippen LogP contribution in [-0.2, 0) is 9.47 Å². The van der Waals surface area contributed by atoms with E-state index in [9.17, 15) is 13.6 Å². The van der Waals surface area contributed by atoms with Gasteiger partial charge in [0, 0.05) is 36.3 Å². The van der Waals surface area contributed by atoms with Crippen LogP contribution in [0.1, 0.15) is 12.5 Å². The summed E-state index contributed by atoms with van der Waals surface area (Å²) in [6, 6.07) is 1.57. The number of hydrogen-bond donors (Lipinski definition) is 2. The van der Waals surface area contributed by atoms with Gasteiger partial charge in [0.05, 0.1) is 25.9 Å². The number of pyridine rings is 1. The molecule has 1 aromatic heterocycles. The number of halogens is 2. The molecule has 3 rings (SSSR count). The summed E-state index contributed by atoms with van der Waals surface area (Å²) in [6.45, 7) is 1.14. The van der Waals surface area contributed by atoms with Gasteiger partial charge in [0.25, 0.3) is 5.56 Å². The second kappa shape index (κ2) is 6.93. The molecule has 25 heavy (non-hydrogen) atoms. The molecule has 7 nitrogen and oxygen atoms in total. The third kappa shape index (κ3) is 3.29. The first-order valence-corrected chi connectivity index (χ1v) is 7.91. The average Bonchev–Trinajstić information content (AvgIpc) is 2.55. The Kier molecular flexibility index (Phi) is 4.87. The van der Waals surface area contributed by atoms with Crippen LogP contribution in [-0.4, -0.2) is 55.8 Å². The zero-order valence-corrected chi connectivity index (χ0v) is 13.7. The van der Waals surface area contributed by atoms with Crippen molar-refractivity contribution in [1.82, 2.24) is 4.98 Å². The van der Waals surface area contributed by atoms with E-state index in [1.165, 1.54) is 12.4 Å². The van der Waals surface area contributed by atoms with E-state index in [0.29, 0.717) is 43.2 Å². The molecule has 9 heteroatoms. The van der Waals surface area contributed by atoms with Crippen LogP contribution in [0.5, 0.6) is 0 Å². The lowest BCUT2D eigenvalue weighted by molar-refractivity contribution is -0.228. The van der Waals surface area contributed by atoms with E-state index in [-0.39, 0.29) is 11.6 Å². The second-order valence-corrected chi connectivity index (χ2v) is 6.06. The molecule has 0 amide bonds. The molecule has 3 heterocycles. The molecule has 2 fully saturated rings. The van der Waals surface area contributed by atoms with Crippen LogP contribution in [0.2, 0.25) is 0 Å². The molecule has 1 atom stereocenters. The zero-order valence-electron chi connectivity index (χ0n) is 13.7. The fourth-order valence-corrected chi connectivity index (χ4v) is 3.10. The number of nitrogens with zero attached hydrogens (tertiary/aromatic N) is 2. The average molecular weight is 354 g/mol. The first kappa shape index (κ1) is 17.6. The van der Waals surface area contributed by atoms with Crippen molar-refractivity contribution in [3.63, 3.8) is 0 Å². The molecule has 0 aliphatic carbocycles. The van der Waals surface area contributed by atoms with Gasteiger partial charge >= 0.3 is 6.55 Å². The number of alkyl halides is 2. The van der Waals surface area contributed by atoms with Gasteiger partial charge in [-0.25, -0.2) is 4.99 Å². The minimum atomic E-state index is -2.82. The molecule has 0 aromatic carbocycles. The fourth-order valence-electron chi connectivity index (χ4n) is 3.10. The van der Waals surface area contributed by atoms with Crippen molar-refractivity contribution in [3.8, 4) is 0 Å². The first-order chi connectivity index (χ1) is 12.0. The Balaban J connectivity index is 1.93. The van der Waals surface area contributed by atoms with Crippen LogP contribution < -0.4 is 16.2 Å². The van der Waals surface area contributed by atoms with Crippen molar-refractivity contribution in [2.75, 3.05) is 31.3 Å². The fraction of sp³-hybridized carbons (Fsp3) is 0.500. The smallest absolute Gasteiger partial charge is 0.331 e. The van der Waals surface area contributed by atoms with Gasteiger partial charge in [-0.1, -0.05) is 0 Å². The Labute approximate surface area is 143 Å². The van der Waals surface area contributed by atoms with Gasteiger partial charge in [-0.15, -0.1) is 0 Å². The lowest BCUT2D eigenvalue weighted by Crippen LogP contribution is -2.68. The normalized spacial score (nSPS) is 23.4. The molecule has 0 radical (unpaired) electrons. The Hall–Kier alpha value is -2.26. The van der Waals surface area contributed by atoms with Gasteiger partial charge in [-0.2, -0.15) is 8.78 Å². The predicted molar refractivity (Wildman–Crippen MR) is 90.0 cm³/mol. The monoisotopic (exact) mass is 354 g/mol. The number of H-pyrrole nitrogens is 1. The predicted octanol–water partition coefficient (Wildman–Crippen LogP) is 0.962. The molecule has 2 aliphatic rings. The summed E-state index contributed by atoms with van der Waals surface area (Å²) >= 11 is 0. The standard InChI is InChI=1S/C16H20F2N4O3/c1-10-16(8-24-9-16)25-3-2-22(10)13-4-11(6-20-14(13)23)12(5-19)7-21-15(17)18/h4-7,10,15H,2-3,8-9,19H2,1H3,(H,20,23)/b12-5+,21-7+. The Bertz CT molecular complexity index is 743. The number of nitrogens with one attached hydrogen (secondary N) is 1. The van der Waals surface area contributed by atoms with E-state index in [2.05, 4.69) is 9.98 Å². The maximum Gasteiger partial charge on any atom is 0.331 e. The third-order valence-electron chi connectivity index (χ3n) is 4.68. The number of morpholine rings is 1. The maximum atomic E-state index is 12.3. The molecule has 1 aromatic rings. The Morgan fingerprint density at radius 3 is 2.92 bits per heavy atom. The van der Waals surface area contributed by atoms with E-state index >= 15 is 0 Å². The third-order valence-corrected chi connectivity index (χ3v) is 4.68. The number of ether oxygens (including phenoxy) is 2. The van der Waals surface area contributed by atoms with Gasteiger partial charge in [0.15, 0.2) is 0 Å². The summed E-state index contributed by atoms with van der Waals surface area (Å²) in [5.74, 6) is 0. The number of rotatable bonds is 4. The molecule has 0 bridgehead atoms. The van der Waals surface area contributed by atoms with Crippen LogP contribution in [0.3, 0.4) is 0 Å². The van der Waals surface area contributed by atoms with Crippen LogP contribution in [0.25, 0.3) is 5.57 Å². The summed E-state index contributed by atoms with van der Waals surface area (Å²) in [5, 5.41) is 0. The highest BCUT2D eigenvalue weighted by Gasteiger charge is 2.50. The largest absolute Gasteiger partial charge is 0.404 e. The van der Waals surface area contributed by atoms with Crippen molar-refractivity contribution < 1.29 is 18.3 Å². The lowest BCUT2D eigenvalue weighted by atomic mass is 9.90. The number of nitrogens with two attached hydrogens (primary N) is 1. The summed E-state index contributed by atoms with van der Waals surface area (Å²) < 4.78 is 35.7. The summed E-state index contributed by atoms with van der Waals surface area (Å²) in [5.41, 5.74) is 6.06. The van der Waals surface area contributed by atoms with Crippen molar-refractivity contribution >= 4 is 17.5 Å². The van der Waals surface area contributed by atoms with Gasteiger partial charge in [-0.3, -0.25) is 4.79 Å². The number of aliphatic imine (C=N–C) groups is 1. The number of allylic oxidation sites excluding steroid dienone is 1. The SMILES string of the molecule is CC1N(c2cc(C(=C/N)/C=N/C(F)F)c[nH]c2=O)CCOC12COC2. The zero-order chi connectivity index (χ0) is 18.0. The van der Waals surface area contributed by atoms with Crippen molar-refractivity contribution in [2.45, 2.75) is 25.1 Å². The molecule has 1 unspecified atom stereocenters. The molecule has 1 spiro atoms. The molecule has 0 saturated carbocycles. The lowest BCUT2D eigenvalue weighted by Gasteiger charge is -2.53. The van der Waals surface area contributed by atoms with E-state index in [1.807, 2.05) is 11.8 Å². The van der Waals surface area contributed by atoms with Crippen molar-refractivity contribution in [1.29, 1.82) is 0 Å². The van der Waals surface area contributed by atoms with Crippen LogP contribution in [0.15, 0.2) is 28.3 Å². The van der Waals surface area contributed by atoms with Crippen molar-refractivity contribution in [2.24, 2.45) is 10.7 Å². The highest BCUT2D eigenvalue weighted by molar-refractivity contribution is 6.09. The van der Waals surface area contributed by atoms with Crippen LogP contribution >= 0.6 is 0 Å². The second-order valence-electron chi connectivity index (χ2n) is 6.06. The Morgan fingerprint density at radius 2 is 2.32 bits per heavy atom. The topological polar surface area (TPSA) is 92.9 Å². The number of aromatic nitrogens is 1. The van der Waals surface area contributed by atoms with Crippen LogP contribution in [0.4, 0.5) is 14.5 Å². The summed E-state index contributed by atoms with van der Waals surface area (Å²) in [6.07, 6.45) is 3.59. The number of aromatic amines is 1. The van der Waals surface area contributed by atoms with E-state index in [0.717, 1.165) is 6.21 Å². The van der Waals surface area contributed by atoms with Gasteiger partial charge in [0.1, 0.15) is 11.3 Å². The van der Waals surface area contributed by atoms with Gasteiger partial charge in [-0.05, 0) is 13.0 Å². The molecular weight excluding hydrogens is 334 g/mol. The molecular formula is C16H20F2N4O3. The van der Waals surface area contributed by atoms with E-state index in [1.54, 1.807) is 6.07 Å².